The van der Waals surface area contributed by atoms with Crippen LogP contribution in [0.15, 0.2) is 4.79 Å². The van der Waals surface area contributed by atoms with Crippen LogP contribution in [0.4, 0.5) is 5.69 Å². The first-order valence-electron chi connectivity index (χ1n) is 8.60. The lowest BCUT2D eigenvalue weighted by atomic mass is 10.2. The summed E-state index contributed by atoms with van der Waals surface area (Å²) in [5.41, 5.74) is 3.33. The zero-order valence-corrected chi connectivity index (χ0v) is 17.9. The summed E-state index contributed by atoms with van der Waals surface area (Å²) in [6, 6.07) is 0. The van der Waals surface area contributed by atoms with Crippen LogP contribution in [0, 0.1) is 27.7 Å². The third-order valence-corrected chi connectivity index (χ3v) is 6.94. The lowest BCUT2D eigenvalue weighted by Gasteiger charge is -2.12. The van der Waals surface area contributed by atoms with Gasteiger partial charge in [0.1, 0.15) is 10.7 Å². The molecule has 1 amide bonds. The maximum absolute atomic E-state index is 12.5. The summed E-state index contributed by atoms with van der Waals surface area (Å²) in [6.07, 6.45) is 0. The molecule has 2 N–H and O–H groups in total. The van der Waals surface area contributed by atoms with E-state index in [9.17, 15) is 9.59 Å². The zero-order chi connectivity index (χ0) is 19.9. The number of H-pyrrole nitrogens is 1. The number of nitrogens with one attached hydrogen (secondary N) is 2. The fourth-order valence-electron chi connectivity index (χ4n) is 2.83. The van der Waals surface area contributed by atoms with E-state index in [0.29, 0.717) is 17.0 Å². The van der Waals surface area contributed by atoms with Crippen LogP contribution in [0.25, 0.3) is 10.2 Å². The highest BCUT2D eigenvalue weighted by Crippen LogP contribution is 2.27. The van der Waals surface area contributed by atoms with E-state index in [1.165, 1.54) is 23.1 Å². The third kappa shape index (κ3) is 3.79. The minimum atomic E-state index is -0.295. The molecule has 0 spiro atoms. The van der Waals surface area contributed by atoms with Crippen LogP contribution >= 0.6 is 23.1 Å². The molecule has 3 aromatic heterocycles. The predicted octanol–water partition coefficient (Wildman–Crippen LogP) is 3.21. The molecule has 0 saturated heterocycles. The van der Waals surface area contributed by atoms with Gasteiger partial charge in [-0.15, -0.1) is 23.1 Å². The van der Waals surface area contributed by atoms with Gasteiger partial charge in [0.2, 0.25) is 5.91 Å². The second kappa shape index (κ2) is 7.47. The van der Waals surface area contributed by atoms with E-state index in [2.05, 4.69) is 20.4 Å². The first-order valence-corrected chi connectivity index (χ1v) is 10.5. The number of aryl methyl sites for hydroxylation is 4. The fourth-order valence-corrected chi connectivity index (χ4v) is 4.63. The fraction of sp³-hybridized carbons (Fsp3) is 0.444. The molecule has 1 atom stereocenters. The number of amides is 1. The van der Waals surface area contributed by atoms with Crippen LogP contribution in [0.2, 0.25) is 0 Å². The van der Waals surface area contributed by atoms with E-state index in [1.807, 2.05) is 41.7 Å². The maximum Gasteiger partial charge on any atom is 0.259 e. The molecule has 0 bridgehead atoms. The molecule has 0 unspecified atom stereocenters. The van der Waals surface area contributed by atoms with Gasteiger partial charge in [0.05, 0.1) is 33.5 Å². The highest BCUT2D eigenvalue weighted by Gasteiger charge is 2.19. The molecule has 0 fully saturated rings. The van der Waals surface area contributed by atoms with Crippen LogP contribution in [0.1, 0.15) is 34.6 Å². The normalized spacial score (nSPS) is 12.5. The SMILES string of the molecule is Cc1nn(C)c(C)c1NC(=O)[C@@H](C)SCc1nc2sc(C)c(C)c2c(=O)[nH]1. The predicted molar refractivity (Wildman–Crippen MR) is 112 cm³/mol. The monoisotopic (exact) mass is 405 g/mol. The summed E-state index contributed by atoms with van der Waals surface area (Å²) in [5, 5.41) is 7.64. The van der Waals surface area contributed by atoms with Crippen molar-refractivity contribution in [2.45, 2.75) is 45.6 Å². The van der Waals surface area contributed by atoms with Crippen LogP contribution in [-0.4, -0.2) is 30.9 Å². The second-order valence-corrected chi connectivity index (χ2v) is 9.12. The number of hydrogen-bond donors (Lipinski definition) is 2. The number of thioether (sulfide) groups is 1. The average Bonchev–Trinajstić information content (AvgIpc) is 3.02. The number of nitrogens with zero attached hydrogens (tertiary/aromatic N) is 3. The summed E-state index contributed by atoms with van der Waals surface area (Å²) >= 11 is 2.96. The molecule has 3 heterocycles. The van der Waals surface area contributed by atoms with Crippen molar-refractivity contribution in [3.05, 3.63) is 38.0 Å². The molecule has 27 heavy (non-hydrogen) atoms. The Morgan fingerprint density at radius 1 is 1.33 bits per heavy atom. The number of thiophene rings is 1. The second-order valence-electron chi connectivity index (χ2n) is 6.59. The molecule has 144 valence electrons. The number of fused-ring (bicyclic) bond motifs is 1. The molecule has 0 aliphatic carbocycles. The van der Waals surface area contributed by atoms with Gasteiger partial charge >= 0.3 is 0 Å². The van der Waals surface area contributed by atoms with Crippen molar-refractivity contribution in [1.82, 2.24) is 19.7 Å². The van der Waals surface area contributed by atoms with Crippen molar-refractivity contribution in [1.29, 1.82) is 0 Å². The van der Waals surface area contributed by atoms with Crippen LogP contribution < -0.4 is 10.9 Å². The molecule has 0 aromatic carbocycles. The maximum atomic E-state index is 12.5. The summed E-state index contributed by atoms with van der Waals surface area (Å²) in [7, 11) is 1.85. The molecule has 0 aliphatic heterocycles. The van der Waals surface area contributed by atoms with Crippen molar-refractivity contribution in [2.75, 3.05) is 5.32 Å². The number of anilines is 1. The molecule has 7 nitrogen and oxygen atoms in total. The zero-order valence-electron chi connectivity index (χ0n) is 16.3. The smallest absolute Gasteiger partial charge is 0.259 e. The van der Waals surface area contributed by atoms with E-state index >= 15 is 0 Å². The molecule has 0 radical (unpaired) electrons. The van der Waals surface area contributed by atoms with E-state index in [-0.39, 0.29) is 16.7 Å². The molecule has 9 heteroatoms. The summed E-state index contributed by atoms with van der Waals surface area (Å²) in [6.45, 7) is 9.56. The highest BCUT2D eigenvalue weighted by atomic mass is 32.2. The van der Waals surface area contributed by atoms with Crippen molar-refractivity contribution in [3.8, 4) is 0 Å². The third-order valence-electron chi connectivity index (χ3n) is 4.68. The Kier molecular flexibility index (Phi) is 5.43. The Balaban J connectivity index is 1.70. The van der Waals surface area contributed by atoms with Crippen molar-refractivity contribution in [3.63, 3.8) is 0 Å². The highest BCUT2D eigenvalue weighted by molar-refractivity contribution is 7.99. The average molecular weight is 406 g/mol. The van der Waals surface area contributed by atoms with E-state index in [0.717, 1.165) is 32.3 Å². The quantitative estimate of drug-likeness (QED) is 0.680. The number of carbonyl (C=O) groups is 1. The molecule has 3 rings (SSSR count). The summed E-state index contributed by atoms with van der Waals surface area (Å²) in [4.78, 5) is 34.1. The topological polar surface area (TPSA) is 92.7 Å². The number of carbonyl (C=O) groups excluding carboxylic acids is 1. The molecule has 0 saturated carbocycles. The minimum absolute atomic E-state index is 0.0922. The molecular formula is C18H23N5O2S2. The summed E-state index contributed by atoms with van der Waals surface area (Å²) < 4.78 is 1.75. The van der Waals surface area contributed by atoms with E-state index < -0.39 is 0 Å². The van der Waals surface area contributed by atoms with Gasteiger partial charge in [-0.3, -0.25) is 14.3 Å². The van der Waals surface area contributed by atoms with Crippen molar-refractivity contribution in [2.24, 2.45) is 7.05 Å². The van der Waals surface area contributed by atoms with Gasteiger partial charge in [0.25, 0.3) is 5.56 Å². The van der Waals surface area contributed by atoms with Crippen LogP contribution in [0.3, 0.4) is 0 Å². The number of aromatic amines is 1. The Morgan fingerprint density at radius 3 is 2.67 bits per heavy atom. The van der Waals surface area contributed by atoms with Crippen molar-refractivity contribution < 1.29 is 4.79 Å². The summed E-state index contributed by atoms with van der Waals surface area (Å²) in [5.74, 6) is 0.957. The van der Waals surface area contributed by atoms with Gasteiger partial charge < -0.3 is 10.3 Å². The van der Waals surface area contributed by atoms with Crippen LogP contribution in [0.5, 0.6) is 0 Å². The van der Waals surface area contributed by atoms with Gasteiger partial charge in [-0.2, -0.15) is 5.10 Å². The van der Waals surface area contributed by atoms with E-state index in [1.54, 1.807) is 4.68 Å². The van der Waals surface area contributed by atoms with Gasteiger partial charge in [-0.1, -0.05) is 0 Å². The Labute approximate surface area is 165 Å². The van der Waals surface area contributed by atoms with Crippen LogP contribution in [-0.2, 0) is 17.6 Å². The molecule has 0 aliphatic rings. The standard InChI is InChI=1S/C18H23N5O2S2/c1-8-11(4)27-18-14(8)17(25)19-13(20-18)7-26-12(5)16(24)21-15-9(2)22-23(6)10(15)3/h12H,7H2,1-6H3,(H,21,24)(H,19,20,25)/t12-/m1/s1. The van der Waals surface area contributed by atoms with E-state index in [4.69, 9.17) is 0 Å². The van der Waals surface area contributed by atoms with Gasteiger partial charge in [-0.05, 0) is 40.2 Å². The largest absolute Gasteiger partial charge is 0.322 e. The lowest BCUT2D eigenvalue weighted by molar-refractivity contribution is -0.115. The van der Waals surface area contributed by atoms with Gasteiger partial charge in [0, 0.05) is 11.9 Å². The first kappa shape index (κ1) is 19.6. The number of hydrogen-bond acceptors (Lipinski definition) is 6. The molecular weight excluding hydrogens is 382 g/mol. The number of aromatic nitrogens is 4. The number of rotatable bonds is 5. The van der Waals surface area contributed by atoms with Crippen molar-refractivity contribution >= 4 is 44.9 Å². The first-order chi connectivity index (χ1) is 12.7. The van der Waals surface area contributed by atoms with Gasteiger partial charge in [-0.25, -0.2) is 4.98 Å². The Morgan fingerprint density at radius 2 is 2.04 bits per heavy atom. The van der Waals surface area contributed by atoms with Gasteiger partial charge in [0.15, 0.2) is 0 Å². The Bertz CT molecular complexity index is 1080. The lowest BCUT2D eigenvalue weighted by Crippen LogP contribution is -2.23. The minimum Gasteiger partial charge on any atom is -0.322 e. The Hall–Kier alpha value is -2.13. The molecule has 3 aromatic rings.